The predicted molar refractivity (Wildman–Crippen MR) is 94.2 cm³/mol. The summed E-state index contributed by atoms with van der Waals surface area (Å²) >= 11 is 9.31. The van der Waals surface area contributed by atoms with E-state index in [0.717, 1.165) is 10.2 Å². The first-order chi connectivity index (χ1) is 11.5. The highest BCUT2D eigenvalue weighted by molar-refractivity contribution is 9.10. The molecule has 0 bridgehead atoms. The van der Waals surface area contributed by atoms with Crippen molar-refractivity contribution in [2.45, 2.75) is 13.0 Å². The Morgan fingerprint density at radius 3 is 2.71 bits per heavy atom. The molecule has 0 aliphatic rings. The lowest BCUT2D eigenvalue weighted by Gasteiger charge is -2.14. The number of hydrogen-bond donors (Lipinski definition) is 1. The lowest BCUT2D eigenvalue weighted by atomic mass is 10.2. The summed E-state index contributed by atoms with van der Waals surface area (Å²) in [5.41, 5.74) is 1.29. The van der Waals surface area contributed by atoms with Crippen LogP contribution in [0.4, 0.5) is 0 Å². The Bertz CT molecular complexity index is 865. The van der Waals surface area contributed by atoms with Crippen LogP contribution >= 0.6 is 27.5 Å². The number of rotatable bonds is 4. The molecular weight excluding hydrogens is 394 g/mol. The number of tetrazole rings is 1. The van der Waals surface area contributed by atoms with Crippen molar-refractivity contribution in [1.82, 2.24) is 25.5 Å². The minimum Gasteiger partial charge on any atom is -0.342 e. The smallest absolute Gasteiger partial charge is 0.251 e. The lowest BCUT2D eigenvalue weighted by Crippen LogP contribution is -2.28. The molecule has 1 N–H and O–H groups in total. The van der Waals surface area contributed by atoms with Crippen molar-refractivity contribution in [3.8, 4) is 5.69 Å². The molecule has 6 nitrogen and oxygen atoms in total. The molecule has 8 heteroatoms. The Hall–Kier alpha value is -2.25. The van der Waals surface area contributed by atoms with Crippen LogP contribution in [-0.4, -0.2) is 26.1 Å². The number of nitrogens with one attached hydrogen (secondary N) is 1. The third-order valence-electron chi connectivity index (χ3n) is 3.39. The number of halogens is 2. The molecule has 24 heavy (non-hydrogen) atoms. The molecule has 2 aromatic carbocycles. The van der Waals surface area contributed by atoms with E-state index in [1.807, 2.05) is 31.2 Å². The molecule has 0 spiro atoms. The summed E-state index contributed by atoms with van der Waals surface area (Å²) in [6, 6.07) is 13.9. The van der Waals surface area contributed by atoms with Gasteiger partial charge in [-0.3, -0.25) is 4.79 Å². The maximum atomic E-state index is 12.3. The second kappa shape index (κ2) is 7.11. The first kappa shape index (κ1) is 16.6. The molecule has 1 amide bonds. The zero-order valence-electron chi connectivity index (χ0n) is 12.6. The maximum absolute atomic E-state index is 12.3. The van der Waals surface area contributed by atoms with Gasteiger partial charge < -0.3 is 5.32 Å². The van der Waals surface area contributed by atoms with E-state index in [2.05, 4.69) is 36.8 Å². The van der Waals surface area contributed by atoms with Crippen LogP contribution in [0.15, 0.2) is 53.0 Å². The minimum absolute atomic E-state index is 0.240. The Morgan fingerprint density at radius 2 is 2.00 bits per heavy atom. The first-order valence-electron chi connectivity index (χ1n) is 7.15. The van der Waals surface area contributed by atoms with Gasteiger partial charge in [-0.15, -0.1) is 5.10 Å². The van der Waals surface area contributed by atoms with Gasteiger partial charge in [0.05, 0.1) is 11.7 Å². The Labute approximate surface area is 152 Å². The van der Waals surface area contributed by atoms with E-state index in [-0.39, 0.29) is 11.9 Å². The third kappa shape index (κ3) is 3.63. The van der Waals surface area contributed by atoms with Crippen LogP contribution in [-0.2, 0) is 0 Å². The number of carbonyl (C=O) groups excluding carboxylic acids is 1. The maximum Gasteiger partial charge on any atom is 0.251 e. The van der Waals surface area contributed by atoms with Crippen molar-refractivity contribution in [2.24, 2.45) is 0 Å². The minimum atomic E-state index is -0.380. The molecule has 1 unspecified atom stereocenters. The molecule has 0 aliphatic carbocycles. The lowest BCUT2D eigenvalue weighted by molar-refractivity contribution is 0.0938. The van der Waals surface area contributed by atoms with Crippen molar-refractivity contribution in [3.05, 3.63) is 69.4 Å². The molecule has 0 saturated heterocycles. The molecule has 0 aliphatic heterocycles. The van der Waals surface area contributed by atoms with Crippen molar-refractivity contribution >= 4 is 33.4 Å². The fourth-order valence-corrected chi connectivity index (χ4v) is 2.66. The predicted octanol–water partition coefficient (Wildman–Crippen LogP) is 3.57. The Kier molecular flexibility index (Phi) is 4.92. The summed E-state index contributed by atoms with van der Waals surface area (Å²) in [6.07, 6.45) is 0. The standard InChI is InChI=1S/C16H13BrClN5O/c1-10(19-16(24)11-3-2-4-13(18)9-11)15-20-21-22-23(15)14-7-5-12(17)6-8-14/h2-10H,1H3,(H,19,24). The van der Waals surface area contributed by atoms with E-state index in [9.17, 15) is 4.79 Å². The average molecular weight is 407 g/mol. The third-order valence-corrected chi connectivity index (χ3v) is 4.15. The molecule has 3 rings (SSSR count). The summed E-state index contributed by atoms with van der Waals surface area (Å²) in [6.45, 7) is 1.82. The summed E-state index contributed by atoms with van der Waals surface area (Å²) in [7, 11) is 0. The zero-order valence-corrected chi connectivity index (χ0v) is 15.0. The fraction of sp³-hybridized carbons (Fsp3) is 0.125. The van der Waals surface area contributed by atoms with E-state index in [0.29, 0.717) is 16.4 Å². The molecule has 1 atom stereocenters. The van der Waals surface area contributed by atoms with Crippen LogP contribution in [0.2, 0.25) is 5.02 Å². The summed E-state index contributed by atoms with van der Waals surface area (Å²) in [4.78, 5) is 12.3. The van der Waals surface area contributed by atoms with Crippen molar-refractivity contribution < 1.29 is 4.79 Å². The van der Waals surface area contributed by atoms with Gasteiger partial charge in [0.1, 0.15) is 0 Å². The molecule has 1 heterocycles. The number of benzene rings is 2. The van der Waals surface area contributed by atoms with Gasteiger partial charge in [0.25, 0.3) is 5.91 Å². The van der Waals surface area contributed by atoms with Crippen molar-refractivity contribution in [3.63, 3.8) is 0 Å². The van der Waals surface area contributed by atoms with Gasteiger partial charge >= 0.3 is 0 Å². The summed E-state index contributed by atoms with van der Waals surface area (Å²) < 4.78 is 2.55. The topological polar surface area (TPSA) is 72.7 Å². The molecular formula is C16H13BrClN5O. The van der Waals surface area contributed by atoms with E-state index in [1.54, 1.807) is 28.9 Å². The number of aromatic nitrogens is 4. The average Bonchev–Trinajstić information content (AvgIpc) is 3.05. The van der Waals surface area contributed by atoms with Crippen LogP contribution in [0.3, 0.4) is 0 Å². The van der Waals surface area contributed by atoms with Crippen LogP contribution in [0.1, 0.15) is 29.1 Å². The Balaban J connectivity index is 1.81. The summed E-state index contributed by atoms with van der Waals surface area (Å²) in [5, 5.41) is 15.1. The molecule has 0 fully saturated rings. The van der Waals surface area contributed by atoms with Crippen LogP contribution in [0, 0.1) is 0 Å². The van der Waals surface area contributed by atoms with E-state index in [1.165, 1.54) is 0 Å². The summed E-state index contributed by atoms with van der Waals surface area (Å²) in [5.74, 6) is 0.294. The van der Waals surface area contributed by atoms with E-state index in [4.69, 9.17) is 11.6 Å². The second-order valence-corrected chi connectivity index (χ2v) is 6.48. The second-order valence-electron chi connectivity index (χ2n) is 5.13. The molecule has 122 valence electrons. The fourth-order valence-electron chi connectivity index (χ4n) is 2.20. The van der Waals surface area contributed by atoms with Gasteiger partial charge in [0, 0.05) is 15.1 Å². The van der Waals surface area contributed by atoms with Crippen LogP contribution < -0.4 is 5.32 Å². The normalized spacial score (nSPS) is 12.0. The number of nitrogens with zero attached hydrogens (tertiary/aromatic N) is 4. The van der Waals surface area contributed by atoms with Crippen LogP contribution in [0.5, 0.6) is 0 Å². The zero-order chi connectivity index (χ0) is 17.1. The molecule has 3 aromatic rings. The monoisotopic (exact) mass is 405 g/mol. The first-order valence-corrected chi connectivity index (χ1v) is 8.32. The quantitative estimate of drug-likeness (QED) is 0.719. The molecule has 1 aromatic heterocycles. The van der Waals surface area contributed by atoms with Crippen molar-refractivity contribution in [1.29, 1.82) is 0 Å². The largest absolute Gasteiger partial charge is 0.342 e. The molecule has 0 saturated carbocycles. The van der Waals surface area contributed by atoms with Gasteiger partial charge in [-0.2, -0.15) is 4.68 Å². The van der Waals surface area contributed by atoms with E-state index < -0.39 is 0 Å². The Morgan fingerprint density at radius 1 is 1.25 bits per heavy atom. The molecule has 0 radical (unpaired) electrons. The SMILES string of the molecule is CC(NC(=O)c1cccc(Cl)c1)c1nnnn1-c1ccc(Br)cc1. The number of hydrogen-bond acceptors (Lipinski definition) is 4. The van der Waals surface area contributed by atoms with Gasteiger partial charge in [-0.05, 0) is 59.8 Å². The van der Waals surface area contributed by atoms with E-state index >= 15 is 0 Å². The van der Waals surface area contributed by atoms with Gasteiger partial charge in [0.15, 0.2) is 5.82 Å². The van der Waals surface area contributed by atoms with Gasteiger partial charge in [0.2, 0.25) is 0 Å². The number of carbonyl (C=O) groups is 1. The highest BCUT2D eigenvalue weighted by Gasteiger charge is 2.18. The van der Waals surface area contributed by atoms with Gasteiger partial charge in [-0.1, -0.05) is 33.6 Å². The van der Waals surface area contributed by atoms with Crippen LogP contribution in [0.25, 0.3) is 5.69 Å². The number of amides is 1. The highest BCUT2D eigenvalue weighted by Crippen LogP contribution is 2.18. The van der Waals surface area contributed by atoms with Gasteiger partial charge in [-0.25, -0.2) is 0 Å². The van der Waals surface area contributed by atoms with Crippen molar-refractivity contribution in [2.75, 3.05) is 0 Å². The highest BCUT2D eigenvalue weighted by atomic mass is 79.9.